The summed E-state index contributed by atoms with van der Waals surface area (Å²) in [6, 6.07) is 5.89. The van der Waals surface area contributed by atoms with Crippen LogP contribution < -0.4 is 5.32 Å². The predicted octanol–water partition coefficient (Wildman–Crippen LogP) is 3.97. The average molecular weight is 451 g/mol. The Morgan fingerprint density at radius 3 is 2.33 bits per heavy atom. The number of sulfonamides is 1. The van der Waals surface area contributed by atoms with Crippen molar-refractivity contribution >= 4 is 38.2 Å². The van der Waals surface area contributed by atoms with E-state index in [9.17, 15) is 18.0 Å². The van der Waals surface area contributed by atoms with Crippen molar-refractivity contribution in [3.8, 4) is 0 Å². The minimum Gasteiger partial charge on any atom is -0.462 e. The number of carbonyl (C=O) groups is 2. The lowest BCUT2D eigenvalue weighted by Crippen LogP contribution is -2.35. The number of hydrogen-bond donors (Lipinski definition) is 1. The Kier molecular flexibility index (Phi) is 6.95. The highest BCUT2D eigenvalue weighted by Gasteiger charge is 2.26. The van der Waals surface area contributed by atoms with Gasteiger partial charge in [0.25, 0.3) is 5.91 Å². The number of benzene rings is 1. The summed E-state index contributed by atoms with van der Waals surface area (Å²) in [4.78, 5) is 26.1. The maximum Gasteiger partial charge on any atom is 0.341 e. The molecule has 0 radical (unpaired) electrons. The highest BCUT2D eigenvalue weighted by atomic mass is 32.2. The Morgan fingerprint density at radius 1 is 1.10 bits per heavy atom. The number of piperidine rings is 1. The van der Waals surface area contributed by atoms with E-state index in [4.69, 9.17) is 4.74 Å². The lowest BCUT2D eigenvalue weighted by molar-refractivity contribution is 0.0527. The quantitative estimate of drug-likeness (QED) is 0.672. The summed E-state index contributed by atoms with van der Waals surface area (Å²) in [5, 5.41) is 3.20. The van der Waals surface area contributed by atoms with Crippen LogP contribution in [0.5, 0.6) is 0 Å². The summed E-state index contributed by atoms with van der Waals surface area (Å²) in [7, 11) is -3.55. The van der Waals surface area contributed by atoms with Gasteiger partial charge in [-0.25, -0.2) is 13.2 Å². The molecule has 1 N–H and O–H groups in total. The zero-order chi connectivity index (χ0) is 21.9. The third kappa shape index (κ3) is 4.58. The van der Waals surface area contributed by atoms with Gasteiger partial charge >= 0.3 is 5.97 Å². The van der Waals surface area contributed by atoms with Crippen LogP contribution in [0, 0.1) is 13.8 Å². The summed E-state index contributed by atoms with van der Waals surface area (Å²) in [6.45, 7) is 6.71. The van der Waals surface area contributed by atoms with E-state index < -0.39 is 21.9 Å². The van der Waals surface area contributed by atoms with Crippen LogP contribution in [0.2, 0.25) is 0 Å². The average Bonchev–Trinajstić information content (AvgIpc) is 3.02. The second-order valence-corrected chi connectivity index (χ2v) is 10.3. The van der Waals surface area contributed by atoms with E-state index in [1.165, 1.54) is 39.9 Å². The van der Waals surface area contributed by atoms with Gasteiger partial charge in [-0.3, -0.25) is 4.79 Å². The van der Waals surface area contributed by atoms with Crippen LogP contribution in [0.1, 0.15) is 57.3 Å². The van der Waals surface area contributed by atoms with E-state index in [1.54, 1.807) is 6.92 Å². The molecule has 9 heteroatoms. The molecule has 1 saturated heterocycles. The number of nitrogens with one attached hydrogen (secondary N) is 1. The van der Waals surface area contributed by atoms with Crippen molar-refractivity contribution in [2.24, 2.45) is 0 Å². The van der Waals surface area contributed by atoms with Gasteiger partial charge in [0, 0.05) is 23.5 Å². The zero-order valence-corrected chi connectivity index (χ0v) is 19.0. The molecule has 0 spiro atoms. The van der Waals surface area contributed by atoms with Gasteiger partial charge < -0.3 is 10.1 Å². The van der Waals surface area contributed by atoms with Gasteiger partial charge in [-0.1, -0.05) is 6.42 Å². The molecule has 1 aliphatic heterocycles. The Bertz CT molecular complexity index is 1040. The van der Waals surface area contributed by atoms with E-state index in [0.717, 1.165) is 29.7 Å². The van der Waals surface area contributed by atoms with Gasteiger partial charge in [0.1, 0.15) is 5.00 Å². The van der Waals surface area contributed by atoms with Crippen molar-refractivity contribution in [3.05, 3.63) is 45.8 Å². The van der Waals surface area contributed by atoms with Crippen LogP contribution in [0.3, 0.4) is 0 Å². The molecule has 0 saturated carbocycles. The second kappa shape index (κ2) is 9.28. The number of amides is 1. The fourth-order valence-electron chi connectivity index (χ4n) is 3.37. The number of carbonyl (C=O) groups excluding carboxylic acids is 2. The largest absolute Gasteiger partial charge is 0.462 e. The second-order valence-electron chi connectivity index (χ2n) is 7.15. The first-order valence-corrected chi connectivity index (χ1v) is 12.2. The van der Waals surface area contributed by atoms with Crippen LogP contribution >= 0.6 is 11.3 Å². The van der Waals surface area contributed by atoms with Crippen molar-refractivity contribution in [1.82, 2.24) is 4.31 Å². The highest BCUT2D eigenvalue weighted by molar-refractivity contribution is 7.89. The number of ether oxygens (including phenoxy) is 1. The predicted molar refractivity (Wildman–Crippen MR) is 117 cm³/mol. The highest BCUT2D eigenvalue weighted by Crippen LogP contribution is 2.33. The summed E-state index contributed by atoms with van der Waals surface area (Å²) >= 11 is 1.31. The number of rotatable bonds is 6. The van der Waals surface area contributed by atoms with Crippen LogP contribution in [0.15, 0.2) is 29.2 Å². The maximum atomic E-state index is 12.8. The summed E-state index contributed by atoms with van der Waals surface area (Å²) in [5.41, 5.74) is 1.44. The third-order valence-electron chi connectivity index (χ3n) is 5.16. The molecular formula is C21H26N2O5S2. The van der Waals surface area contributed by atoms with Gasteiger partial charge in [-0.05, 0) is 63.4 Å². The minimum atomic E-state index is -3.55. The molecular weight excluding hydrogens is 424 g/mol. The molecule has 2 aromatic rings. The SMILES string of the molecule is CCOC(=O)c1c(NC(=O)c2ccc(S(=O)(=O)N3CCCCC3)cc2)sc(C)c1C. The number of anilines is 1. The van der Waals surface area contributed by atoms with Gasteiger partial charge in [0.05, 0.1) is 17.1 Å². The molecule has 0 atom stereocenters. The fourth-order valence-corrected chi connectivity index (χ4v) is 5.93. The van der Waals surface area contributed by atoms with E-state index >= 15 is 0 Å². The first-order valence-electron chi connectivity index (χ1n) is 9.94. The number of nitrogens with zero attached hydrogens (tertiary/aromatic N) is 1. The minimum absolute atomic E-state index is 0.177. The molecule has 3 rings (SSSR count). The van der Waals surface area contributed by atoms with E-state index in [0.29, 0.717) is 29.2 Å². The molecule has 7 nitrogen and oxygen atoms in total. The smallest absolute Gasteiger partial charge is 0.341 e. The van der Waals surface area contributed by atoms with E-state index in [-0.39, 0.29) is 11.5 Å². The topological polar surface area (TPSA) is 92.8 Å². The van der Waals surface area contributed by atoms with Gasteiger partial charge in [-0.2, -0.15) is 4.31 Å². The molecule has 2 heterocycles. The van der Waals surface area contributed by atoms with Crippen molar-refractivity contribution in [2.45, 2.75) is 44.9 Å². The molecule has 1 aliphatic rings. The molecule has 30 heavy (non-hydrogen) atoms. The number of esters is 1. The van der Waals surface area contributed by atoms with Crippen LogP contribution in [0.4, 0.5) is 5.00 Å². The van der Waals surface area contributed by atoms with Gasteiger partial charge in [-0.15, -0.1) is 11.3 Å². The Morgan fingerprint density at radius 2 is 1.73 bits per heavy atom. The Hall–Kier alpha value is -2.23. The van der Waals surface area contributed by atoms with Crippen molar-refractivity contribution in [2.75, 3.05) is 25.0 Å². The van der Waals surface area contributed by atoms with Crippen molar-refractivity contribution in [1.29, 1.82) is 0 Å². The molecule has 1 amide bonds. The first-order chi connectivity index (χ1) is 14.3. The lowest BCUT2D eigenvalue weighted by atomic mass is 10.1. The van der Waals surface area contributed by atoms with Crippen molar-refractivity contribution in [3.63, 3.8) is 0 Å². The Labute approximate surface area is 181 Å². The molecule has 0 bridgehead atoms. The summed E-state index contributed by atoms with van der Waals surface area (Å²) < 4.78 is 32.1. The lowest BCUT2D eigenvalue weighted by Gasteiger charge is -2.25. The Balaban J connectivity index is 1.79. The molecule has 1 aromatic carbocycles. The number of thiophene rings is 1. The molecule has 1 aromatic heterocycles. The zero-order valence-electron chi connectivity index (χ0n) is 17.4. The first kappa shape index (κ1) is 22.5. The molecule has 162 valence electrons. The monoisotopic (exact) mass is 450 g/mol. The van der Waals surface area contributed by atoms with E-state index in [1.807, 2.05) is 13.8 Å². The summed E-state index contributed by atoms with van der Waals surface area (Å²) in [5.74, 6) is -0.888. The molecule has 0 aliphatic carbocycles. The summed E-state index contributed by atoms with van der Waals surface area (Å²) in [6.07, 6.45) is 2.77. The van der Waals surface area contributed by atoms with Crippen LogP contribution in [0.25, 0.3) is 0 Å². The normalized spacial score (nSPS) is 15.0. The third-order valence-corrected chi connectivity index (χ3v) is 8.20. The van der Waals surface area contributed by atoms with Crippen molar-refractivity contribution < 1.29 is 22.7 Å². The standard InChI is InChI=1S/C21H26N2O5S2/c1-4-28-21(25)18-14(2)15(3)29-20(18)22-19(24)16-8-10-17(11-9-16)30(26,27)23-12-6-5-7-13-23/h8-11H,4-7,12-13H2,1-3H3,(H,22,24). The van der Waals surface area contributed by atoms with Crippen LogP contribution in [-0.4, -0.2) is 44.3 Å². The van der Waals surface area contributed by atoms with Gasteiger partial charge in [0.2, 0.25) is 10.0 Å². The molecule has 0 unspecified atom stereocenters. The maximum absolute atomic E-state index is 12.8. The fraction of sp³-hybridized carbons (Fsp3) is 0.429. The number of hydrogen-bond acceptors (Lipinski definition) is 6. The number of aryl methyl sites for hydroxylation is 1. The van der Waals surface area contributed by atoms with Gasteiger partial charge in [0.15, 0.2) is 0 Å². The van der Waals surface area contributed by atoms with E-state index in [2.05, 4.69) is 5.32 Å². The van der Waals surface area contributed by atoms with Crippen LogP contribution in [-0.2, 0) is 14.8 Å². The molecule has 1 fully saturated rings.